The molecule has 0 bridgehead atoms. The lowest BCUT2D eigenvalue weighted by molar-refractivity contribution is 0.599. The summed E-state index contributed by atoms with van der Waals surface area (Å²) in [7, 11) is -3.55. The van der Waals surface area contributed by atoms with Crippen molar-refractivity contribution in [2.75, 3.05) is 11.5 Å². The van der Waals surface area contributed by atoms with Crippen LogP contribution < -0.4 is 5.14 Å². The van der Waals surface area contributed by atoms with Crippen molar-refractivity contribution in [1.29, 1.82) is 0 Å². The normalized spacial score (nSPS) is 11.9. The fourth-order valence-corrected chi connectivity index (χ4v) is 5.40. The van der Waals surface area contributed by atoms with E-state index >= 15 is 0 Å². The minimum absolute atomic E-state index is 0.259. The molecule has 0 aliphatic heterocycles. The van der Waals surface area contributed by atoms with Crippen LogP contribution in [0.1, 0.15) is 13.8 Å². The fraction of sp³-hybridized carbons (Fsp3) is 0.500. The van der Waals surface area contributed by atoms with E-state index in [2.05, 4.69) is 0 Å². The number of rotatable bonds is 5. The Labute approximate surface area is 103 Å². The van der Waals surface area contributed by atoms with E-state index in [-0.39, 0.29) is 4.21 Å². The molecule has 86 valence electrons. The number of primary sulfonamides is 1. The number of nitrogens with two attached hydrogens (primary N) is 1. The molecule has 0 saturated heterocycles. The second-order valence-corrected chi connectivity index (χ2v) is 8.31. The molecule has 0 aliphatic rings. The van der Waals surface area contributed by atoms with E-state index < -0.39 is 10.0 Å². The Balaban J connectivity index is 3.09. The molecule has 0 atom stereocenters. The van der Waals surface area contributed by atoms with Gasteiger partial charge in [-0.25, -0.2) is 13.6 Å². The van der Waals surface area contributed by atoms with E-state index in [1.807, 2.05) is 13.8 Å². The van der Waals surface area contributed by atoms with Gasteiger partial charge in [0.2, 0.25) is 10.0 Å². The molecule has 0 aromatic carbocycles. The average molecular weight is 283 g/mol. The summed E-state index contributed by atoms with van der Waals surface area (Å²) in [5.41, 5.74) is 0. The molecule has 1 aromatic heterocycles. The molecule has 0 unspecified atom stereocenters. The van der Waals surface area contributed by atoms with Gasteiger partial charge in [0.15, 0.2) is 0 Å². The fourth-order valence-electron chi connectivity index (χ4n) is 0.965. The molecule has 7 heteroatoms. The summed E-state index contributed by atoms with van der Waals surface area (Å²) in [6, 6.07) is 1.67. The smallest absolute Gasteiger partial charge is 0.224 e. The zero-order valence-corrected chi connectivity index (χ0v) is 11.8. The molecule has 2 N–H and O–H groups in total. The van der Waals surface area contributed by atoms with Crippen LogP contribution in [0.15, 0.2) is 19.4 Å². The van der Waals surface area contributed by atoms with Crippen LogP contribution in [-0.4, -0.2) is 19.9 Å². The van der Waals surface area contributed by atoms with Gasteiger partial charge in [-0.3, -0.25) is 0 Å². The summed E-state index contributed by atoms with van der Waals surface area (Å²) in [4.78, 5) is 1.03. The lowest BCUT2D eigenvalue weighted by Gasteiger charge is -1.97. The predicted molar refractivity (Wildman–Crippen MR) is 68.5 cm³/mol. The third kappa shape index (κ3) is 3.67. The van der Waals surface area contributed by atoms with Gasteiger partial charge in [0.05, 0.1) is 4.21 Å². The van der Waals surface area contributed by atoms with Crippen molar-refractivity contribution in [3.8, 4) is 0 Å². The number of hydrogen-bond donors (Lipinski definition) is 1. The quantitative estimate of drug-likeness (QED) is 0.844. The maximum Gasteiger partial charge on any atom is 0.247 e. The van der Waals surface area contributed by atoms with Crippen LogP contribution in [0.2, 0.25) is 0 Å². The number of sulfonamides is 1. The summed E-state index contributed by atoms with van der Waals surface area (Å²) < 4.78 is 23.7. The van der Waals surface area contributed by atoms with E-state index in [0.717, 1.165) is 20.6 Å². The number of thiophene rings is 1. The van der Waals surface area contributed by atoms with Crippen molar-refractivity contribution < 1.29 is 8.42 Å². The van der Waals surface area contributed by atoms with Crippen molar-refractivity contribution >= 4 is 44.9 Å². The summed E-state index contributed by atoms with van der Waals surface area (Å²) >= 11 is 4.56. The molecule has 15 heavy (non-hydrogen) atoms. The van der Waals surface area contributed by atoms with Crippen LogP contribution in [0.5, 0.6) is 0 Å². The van der Waals surface area contributed by atoms with Gasteiger partial charge in [-0.15, -0.1) is 34.9 Å². The van der Waals surface area contributed by atoms with Gasteiger partial charge < -0.3 is 0 Å². The zero-order valence-electron chi connectivity index (χ0n) is 8.52. The van der Waals surface area contributed by atoms with E-state index in [9.17, 15) is 8.42 Å². The molecule has 0 amide bonds. The molecule has 0 saturated carbocycles. The SMILES string of the molecule is CCSc1cc(S(N)(=O)=O)sc1SCC. The van der Waals surface area contributed by atoms with E-state index in [1.165, 1.54) is 11.3 Å². The summed E-state index contributed by atoms with van der Waals surface area (Å²) in [5.74, 6) is 1.86. The molecule has 1 aromatic rings. The Bertz CT molecular complexity index is 400. The molecular formula is C8H13NO2S4. The minimum Gasteiger partial charge on any atom is -0.224 e. The lowest BCUT2D eigenvalue weighted by atomic mass is 10.7. The summed E-state index contributed by atoms with van der Waals surface area (Å²) in [6.45, 7) is 4.08. The van der Waals surface area contributed by atoms with Gasteiger partial charge in [-0.2, -0.15) is 0 Å². The van der Waals surface area contributed by atoms with Crippen LogP contribution in [0.25, 0.3) is 0 Å². The number of hydrogen-bond acceptors (Lipinski definition) is 5. The van der Waals surface area contributed by atoms with Crippen molar-refractivity contribution in [2.45, 2.75) is 27.2 Å². The molecule has 1 rings (SSSR count). The third-order valence-corrected chi connectivity index (χ3v) is 6.40. The molecule has 0 spiro atoms. The van der Waals surface area contributed by atoms with Crippen molar-refractivity contribution in [3.63, 3.8) is 0 Å². The van der Waals surface area contributed by atoms with Crippen LogP contribution in [0, 0.1) is 0 Å². The Morgan fingerprint density at radius 3 is 2.40 bits per heavy atom. The van der Waals surface area contributed by atoms with Crippen molar-refractivity contribution in [1.82, 2.24) is 0 Å². The van der Waals surface area contributed by atoms with E-state index in [0.29, 0.717) is 0 Å². The molecule has 0 aliphatic carbocycles. The topological polar surface area (TPSA) is 60.2 Å². The monoisotopic (exact) mass is 283 g/mol. The first-order valence-electron chi connectivity index (χ1n) is 4.41. The Morgan fingerprint density at radius 2 is 1.93 bits per heavy atom. The van der Waals surface area contributed by atoms with Crippen molar-refractivity contribution in [2.24, 2.45) is 5.14 Å². The predicted octanol–water partition coefficient (Wildman–Crippen LogP) is 2.62. The molecule has 1 heterocycles. The van der Waals surface area contributed by atoms with Crippen LogP contribution >= 0.6 is 34.9 Å². The maximum atomic E-state index is 11.2. The highest BCUT2D eigenvalue weighted by molar-refractivity contribution is 8.04. The van der Waals surface area contributed by atoms with E-state index in [1.54, 1.807) is 29.6 Å². The molecular weight excluding hydrogens is 270 g/mol. The van der Waals surface area contributed by atoms with Crippen molar-refractivity contribution in [3.05, 3.63) is 6.07 Å². The Hall–Kier alpha value is 0.310. The highest BCUT2D eigenvalue weighted by Gasteiger charge is 2.16. The van der Waals surface area contributed by atoms with Gasteiger partial charge in [-0.05, 0) is 17.6 Å². The van der Waals surface area contributed by atoms with Crippen LogP contribution in [-0.2, 0) is 10.0 Å². The molecule has 0 radical (unpaired) electrons. The Kier molecular flexibility index (Phi) is 4.98. The summed E-state index contributed by atoms with van der Waals surface area (Å²) in [6.07, 6.45) is 0. The van der Waals surface area contributed by atoms with Gasteiger partial charge >= 0.3 is 0 Å². The highest BCUT2D eigenvalue weighted by atomic mass is 32.3. The second kappa shape index (κ2) is 5.58. The standard InChI is InChI=1S/C8H13NO2S4/c1-3-12-6-5-7(15(9,10)11)14-8(6)13-4-2/h5H,3-4H2,1-2H3,(H2,9,10,11). The minimum atomic E-state index is -3.55. The average Bonchev–Trinajstić information content (AvgIpc) is 2.50. The molecule has 0 fully saturated rings. The van der Waals surface area contributed by atoms with Gasteiger partial charge in [0.25, 0.3) is 0 Å². The largest absolute Gasteiger partial charge is 0.247 e. The lowest BCUT2D eigenvalue weighted by Crippen LogP contribution is -2.09. The van der Waals surface area contributed by atoms with Crippen LogP contribution in [0.3, 0.4) is 0 Å². The summed E-state index contributed by atoms with van der Waals surface area (Å²) in [5, 5.41) is 5.10. The van der Waals surface area contributed by atoms with Crippen LogP contribution in [0.4, 0.5) is 0 Å². The first kappa shape index (κ1) is 13.4. The van der Waals surface area contributed by atoms with Gasteiger partial charge in [0.1, 0.15) is 4.21 Å². The Morgan fingerprint density at radius 1 is 1.33 bits per heavy atom. The second-order valence-electron chi connectivity index (χ2n) is 2.63. The van der Waals surface area contributed by atoms with E-state index in [4.69, 9.17) is 5.14 Å². The van der Waals surface area contributed by atoms with Gasteiger partial charge in [0, 0.05) is 4.90 Å². The number of thioether (sulfide) groups is 2. The molecule has 3 nitrogen and oxygen atoms in total. The zero-order chi connectivity index (χ0) is 11.5. The third-order valence-electron chi connectivity index (χ3n) is 1.50. The van der Waals surface area contributed by atoms with Gasteiger partial charge in [-0.1, -0.05) is 13.8 Å². The first-order valence-corrected chi connectivity index (χ1v) is 8.74. The first-order chi connectivity index (χ1) is 6.99. The highest BCUT2D eigenvalue weighted by Crippen LogP contribution is 2.39. The maximum absolute atomic E-state index is 11.2.